The third kappa shape index (κ3) is 3.71. The van der Waals surface area contributed by atoms with Crippen LogP contribution in [0.3, 0.4) is 0 Å². The van der Waals surface area contributed by atoms with E-state index in [2.05, 4.69) is 19.2 Å². The van der Waals surface area contributed by atoms with Crippen molar-refractivity contribution in [2.45, 2.75) is 64.8 Å². The third-order valence-electron chi connectivity index (χ3n) is 4.84. The number of carboxylic acid groups (broad SMARTS) is 1. The molecule has 2 saturated carbocycles. The maximum atomic E-state index is 12.1. The van der Waals surface area contributed by atoms with E-state index < -0.39 is 12.0 Å². The van der Waals surface area contributed by atoms with Crippen LogP contribution in [0.15, 0.2) is 0 Å². The first-order chi connectivity index (χ1) is 8.90. The number of aliphatic carboxylic acids is 1. The highest BCUT2D eigenvalue weighted by Gasteiger charge is 2.39. The van der Waals surface area contributed by atoms with Gasteiger partial charge in [0.05, 0.1) is 0 Å². The van der Waals surface area contributed by atoms with Crippen molar-refractivity contribution in [3.63, 3.8) is 0 Å². The molecular formula is C15H25NO3. The van der Waals surface area contributed by atoms with Crippen molar-refractivity contribution in [3.8, 4) is 0 Å². The van der Waals surface area contributed by atoms with Crippen molar-refractivity contribution in [1.82, 2.24) is 5.32 Å². The number of carbonyl (C=O) groups excluding carboxylic acids is 1. The molecule has 2 atom stereocenters. The van der Waals surface area contributed by atoms with Gasteiger partial charge in [-0.2, -0.15) is 0 Å². The van der Waals surface area contributed by atoms with Gasteiger partial charge in [0.15, 0.2) is 0 Å². The quantitative estimate of drug-likeness (QED) is 0.804. The number of hydrogen-bond acceptors (Lipinski definition) is 2. The Balaban J connectivity index is 1.87. The molecule has 2 unspecified atom stereocenters. The second kappa shape index (κ2) is 5.51. The minimum absolute atomic E-state index is 0.0840. The van der Waals surface area contributed by atoms with E-state index in [1.807, 2.05) is 0 Å². The fourth-order valence-corrected chi connectivity index (χ4v) is 3.21. The average Bonchev–Trinajstić information content (AvgIpc) is 3.12. The summed E-state index contributed by atoms with van der Waals surface area (Å²) in [6.45, 7) is 4.44. The molecule has 2 fully saturated rings. The van der Waals surface area contributed by atoms with Gasteiger partial charge in [-0.05, 0) is 42.9 Å². The van der Waals surface area contributed by atoms with E-state index >= 15 is 0 Å². The molecule has 108 valence electrons. The van der Waals surface area contributed by atoms with Crippen LogP contribution >= 0.6 is 0 Å². The van der Waals surface area contributed by atoms with Crippen LogP contribution in [0.5, 0.6) is 0 Å². The zero-order valence-electron chi connectivity index (χ0n) is 11.9. The van der Waals surface area contributed by atoms with Crippen LogP contribution in [0.25, 0.3) is 0 Å². The molecule has 0 aromatic rings. The average molecular weight is 267 g/mol. The van der Waals surface area contributed by atoms with Crippen LogP contribution in [-0.4, -0.2) is 23.0 Å². The number of rotatable bonds is 5. The highest BCUT2D eigenvalue weighted by atomic mass is 16.4. The van der Waals surface area contributed by atoms with Gasteiger partial charge in [-0.1, -0.05) is 26.7 Å². The Kier molecular flexibility index (Phi) is 4.16. The molecule has 2 rings (SSSR count). The number of nitrogens with one attached hydrogen (secondary N) is 1. The van der Waals surface area contributed by atoms with Gasteiger partial charge < -0.3 is 10.4 Å². The summed E-state index contributed by atoms with van der Waals surface area (Å²) >= 11 is 0. The van der Waals surface area contributed by atoms with E-state index in [0.717, 1.165) is 25.7 Å². The zero-order chi connectivity index (χ0) is 14.0. The van der Waals surface area contributed by atoms with Gasteiger partial charge in [-0.25, -0.2) is 4.79 Å². The largest absolute Gasteiger partial charge is 0.480 e. The predicted molar refractivity (Wildman–Crippen MR) is 72.6 cm³/mol. The van der Waals surface area contributed by atoms with Crippen molar-refractivity contribution >= 4 is 11.9 Å². The topological polar surface area (TPSA) is 66.4 Å². The molecule has 0 spiro atoms. The Hall–Kier alpha value is -1.06. The van der Waals surface area contributed by atoms with Crippen LogP contribution in [0, 0.1) is 17.3 Å². The Morgan fingerprint density at radius 1 is 1.26 bits per heavy atom. The number of carbonyl (C=O) groups is 2. The summed E-state index contributed by atoms with van der Waals surface area (Å²) in [5.74, 6) is -0.436. The fraction of sp³-hybridized carbons (Fsp3) is 0.867. The molecule has 0 radical (unpaired) electrons. The lowest BCUT2D eigenvalue weighted by molar-refractivity contribution is -0.142. The van der Waals surface area contributed by atoms with Crippen molar-refractivity contribution in [3.05, 3.63) is 0 Å². The predicted octanol–water partition coefficient (Wildman–Crippen LogP) is 2.57. The highest BCUT2D eigenvalue weighted by Crippen LogP contribution is 2.42. The fourth-order valence-electron chi connectivity index (χ4n) is 3.21. The molecule has 4 heteroatoms. The van der Waals surface area contributed by atoms with E-state index in [9.17, 15) is 9.59 Å². The minimum atomic E-state index is -0.890. The summed E-state index contributed by atoms with van der Waals surface area (Å²) in [6.07, 6.45) is 7.00. The van der Waals surface area contributed by atoms with E-state index in [1.165, 1.54) is 12.8 Å². The molecule has 4 nitrogen and oxygen atoms in total. The maximum absolute atomic E-state index is 12.1. The van der Waals surface area contributed by atoms with Crippen LogP contribution in [-0.2, 0) is 9.59 Å². The summed E-state index contributed by atoms with van der Waals surface area (Å²) in [6, 6.07) is -0.667. The second-order valence-electron chi connectivity index (χ2n) is 6.86. The smallest absolute Gasteiger partial charge is 0.326 e. The van der Waals surface area contributed by atoms with Crippen molar-refractivity contribution in [2.75, 3.05) is 0 Å². The van der Waals surface area contributed by atoms with E-state index in [-0.39, 0.29) is 17.2 Å². The van der Waals surface area contributed by atoms with Crippen LogP contribution < -0.4 is 5.32 Å². The molecular weight excluding hydrogens is 242 g/mol. The molecule has 0 aliphatic heterocycles. The molecule has 0 aromatic carbocycles. The lowest BCUT2D eigenvalue weighted by atomic mass is 9.67. The van der Waals surface area contributed by atoms with Gasteiger partial charge in [0.25, 0.3) is 0 Å². The minimum Gasteiger partial charge on any atom is -0.480 e. The first-order valence-electron chi connectivity index (χ1n) is 7.42. The van der Waals surface area contributed by atoms with Crippen molar-refractivity contribution in [1.29, 1.82) is 0 Å². The number of amides is 1. The lowest BCUT2D eigenvalue weighted by Gasteiger charge is -2.38. The molecule has 2 aliphatic rings. The molecule has 2 N–H and O–H groups in total. The number of carboxylic acids is 1. The monoisotopic (exact) mass is 267 g/mol. The van der Waals surface area contributed by atoms with E-state index in [1.54, 1.807) is 0 Å². The SMILES string of the molecule is CC1(C)CCCCC1CC(=O)NC(C(=O)O)C1CC1. The molecule has 1 amide bonds. The molecule has 19 heavy (non-hydrogen) atoms. The lowest BCUT2D eigenvalue weighted by Crippen LogP contribution is -2.44. The van der Waals surface area contributed by atoms with Gasteiger partial charge in [0.2, 0.25) is 5.91 Å². The summed E-state index contributed by atoms with van der Waals surface area (Å²) in [5.41, 5.74) is 0.202. The summed E-state index contributed by atoms with van der Waals surface area (Å²) in [7, 11) is 0. The third-order valence-corrected chi connectivity index (χ3v) is 4.84. The Morgan fingerprint density at radius 2 is 1.95 bits per heavy atom. The Labute approximate surface area is 115 Å². The van der Waals surface area contributed by atoms with Crippen molar-refractivity contribution in [2.24, 2.45) is 17.3 Å². The summed E-state index contributed by atoms with van der Waals surface area (Å²) in [4.78, 5) is 23.2. The van der Waals surface area contributed by atoms with Gasteiger partial charge in [0.1, 0.15) is 6.04 Å². The summed E-state index contributed by atoms with van der Waals surface area (Å²) < 4.78 is 0. The summed E-state index contributed by atoms with van der Waals surface area (Å²) in [5, 5.41) is 11.9. The van der Waals surface area contributed by atoms with Crippen molar-refractivity contribution < 1.29 is 14.7 Å². The first kappa shape index (κ1) is 14.4. The van der Waals surface area contributed by atoms with Gasteiger partial charge in [-0.15, -0.1) is 0 Å². The highest BCUT2D eigenvalue weighted by molar-refractivity contribution is 5.84. The Morgan fingerprint density at radius 3 is 2.47 bits per heavy atom. The maximum Gasteiger partial charge on any atom is 0.326 e. The standard InChI is InChI=1S/C15H25NO3/c1-15(2)8-4-3-5-11(15)9-12(17)16-13(14(18)19)10-6-7-10/h10-11,13H,3-9H2,1-2H3,(H,16,17)(H,18,19). The van der Waals surface area contributed by atoms with Gasteiger partial charge in [-0.3, -0.25) is 4.79 Å². The van der Waals surface area contributed by atoms with Gasteiger partial charge >= 0.3 is 5.97 Å². The normalized spacial score (nSPS) is 27.6. The molecule has 0 saturated heterocycles. The first-order valence-corrected chi connectivity index (χ1v) is 7.42. The Bertz CT molecular complexity index is 360. The van der Waals surface area contributed by atoms with E-state index in [4.69, 9.17) is 5.11 Å². The van der Waals surface area contributed by atoms with Gasteiger partial charge in [0, 0.05) is 6.42 Å². The van der Waals surface area contributed by atoms with Crippen LogP contribution in [0.1, 0.15) is 58.8 Å². The van der Waals surface area contributed by atoms with Crippen LogP contribution in [0.2, 0.25) is 0 Å². The molecule has 0 bridgehead atoms. The second-order valence-corrected chi connectivity index (χ2v) is 6.86. The van der Waals surface area contributed by atoms with E-state index in [0.29, 0.717) is 12.3 Å². The van der Waals surface area contributed by atoms with Crippen LogP contribution in [0.4, 0.5) is 0 Å². The molecule has 0 aromatic heterocycles. The molecule has 2 aliphatic carbocycles. The number of hydrogen-bond donors (Lipinski definition) is 2. The molecule has 0 heterocycles. The zero-order valence-corrected chi connectivity index (χ0v) is 11.9.